The zero-order valence-corrected chi connectivity index (χ0v) is 10.7. The van der Waals surface area contributed by atoms with Crippen molar-refractivity contribution in [1.29, 1.82) is 0 Å². The van der Waals surface area contributed by atoms with Gasteiger partial charge in [-0.2, -0.15) is 0 Å². The Balaban J connectivity index is 2.63. The van der Waals surface area contributed by atoms with Gasteiger partial charge in [0.25, 0.3) is 0 Å². The van der Waals surface area contributed by atoms with E-state index < -0.39 is 0 Å². The SMILES string of the molecule is CCNCc1c(C)[nH]c2cc(Cl)ccc2c1=O. The molecule has 90 valence electrons. The summed E-state index contributed by atoms with van der Waals surface area (Å²) < 4.78 is 0. The molecule has 0 aliphatic rings. The van der Waals surface area contributed by atoms with Gasteiger partial charge < -0.3 is 10.3 Å². The summed E-state index contributed by atoms with van der Waals surface area (Å²) in [6.07, 6.45) is 0. The zero-order valence-electron chi connectivity index (χ0n) is 9.93. The number of halogens is 1. The van der Waals surface area contributed by atoms with Crippen molar-refractivity contribution in [3.8, 4) is 0 Å². The molecular formula is C13H15ClN2O. The Bertz CT molecular complexity index is 604. The van der Waals surface area contributed by atoms with Crippen LogP contribution in [-0.4, -0.2) is 11.5 Å². The molecule has 2 N–H and O–H groups in total. The van der Waals surface area contributed by atoms with Crippen molar-refractivity contribution in [2.24, 2.45) is 0 Å². The molecule has 1 heterocycles. The van der Waals surface area contributed by atoms with Gasteiger partial charge in [-0.15, -0.1) is 0 Å². The first kappa shape index (κ1) is 12.1. The second-order valence-electron chi connectivity index (χ2n) is 4.03. The lowest BCUT2D eigenvalue weighted by atomic mass is 10.1. The number of aryl methyl sites for hydroxylation is 1. The van der Waals surface area contributed by atoms with Gasteiger partial charge >= 0.3 is 0 Å². The summed E-state index contributed by atoms with van der Waals surface area (Å²) in [5.74, 6) is 0. The van der Waals surface area contributed by atoms with Crippen molar-refractivity contribution in [3.05, 3.63) is 44.7 Å². The van der Waals surface area contributed by atoms with Crippen LogP contribution >= 0.6 is 11.6 Å². The molecule has 2 aromatic rings. The molecule has 0 saturated heterocycles. The van der Waals surface area contributed by atoms with Crippen LogP contribution in [0.1, 0.15) is 18.2 Å². The Morgan fingerprint density at radius 2 is 2.18 bits per heavy atom. The Kier molecular flexibility index (Phi) is 3.50. The normalized spacial score (nSPS) is 11.0. The second kappa shape index (κ2) is 4.90. The zero-order chi connectivity index (χ0) is 12.4. The fourth-order valence-electron chi connectivity index (χ4n) is 1.89. The molecule has 0 bridgehead atoms. The summed E-state index contributed by atoms with van der Waals surface area (Å²) in [6.45, 7) is 5.37. The molecule has 3 nitrogen and oxygen atoms in total. The Labute approximate surface area is 105 Å². The highest BCUT2D eigenvalue weighted by Crippen LogP contribution is 2.16. The van der Waals surface area contributed by atoms with E-state index in [0.29, 0.717) is 17.0 Å². The number of benzene rings is 1. The number of hydrogen-bond acceptors (Lipinski definition) is 2. The molecule has 0 atom stereocenters. The number of H-pyrrole nitrogens is 1. The molecule has 0 fully saturated rings. The summed E-state index contributed by atoms with van der Waals surface area (Å²) in [4.78, 5) is 15.5. The van der Waals surface area contributed by atoms with Gasteiger partial charge in [0, 0.05) is 28.2 Å². The lowest BCUT2D eigenvalue weighted by Gasteiger charge is -2.08. The minimum atomic E-state index is 0.0777. The number of nitrogens with one attached hydrogen (secondary N) is 2. The van der Waals surface area contributed by atoms with E-state index >= 15 is 0 Å². The fourth-order valence-corrected chi connectivity index (χ4v) is 2.06. The van der Waals surface area contributed by atoms with Crippen LogP contribution in [0.25, 0.3) is 10.9 Å². The third-order valence-electron chi connectivity index (χ3n) is 2.83. The van der Waals surface area contributed by atoms with E-state index in [9.17, 15) is 4.79 Å². The molecule has 0 aliphatic heterocycles. The van der Waals surface area contributed by atoms with Crippen LogP contribution < -0.4 is 10.7 Å². The van der Waals surface area contributed by atoms with Crippen LogP contribution in [0.2, 0.25) is 5.02 Å². The van der Waals surface area contributed by atoms with Gasteiger partial charge in [-0.25, -0.2) is 0 Å². The molecule has 0 amide bonds. The summed E-state index contributed by atoms with van der Waals surface area (Å²) in [5.41, 5.74) is 2.56. The first-order chi connectivity index (χ1) is 8.13. The third kappa shape index (κ3) is 2.35. The molecule has 0 saturated carbocycles. The van der Waals surface area contributed by atoms with E-state index in [1.807, 2.05) is 13.8 Å². The molecule has 2 rings (SSSR count). The topological polar surface area (TPSA) is 44.9 Å². The van der Waals surface area contributed by atoms with Crippen molar-refractivity contribution in [2.45, 2.75) is 20.4 Å². The smallest absolute Gasteiger partial charge is 0.194 e. The molecule has 0 radical (unpaired) electrons. The average molecular weight is 251 g/mol. The first-order valence-corrected chi connectivity index (χ1v) is 6.03. The maximum absolute atomic E-state index is 12.3. The summed E-state index contributed by atoms with van der Waals surface area (Å²) in [7, 11) is 0. The lowest BCUT2D eigenvalue weighted by molar-refractivity contribution is 0.718. The van der Waals surface area contributed by atoms with Gasteiger partial charge in [-0.3, -0.25) is 4.79 Å². The van der Waals surface area contributed by atoms with E-state index in [4.69, 9.17) is 11.6 Å². The monoisotopic (exact) mass is 250 g/mol. The molecule has 1 aromatic heterocycles. The molecule has 0 spiro atoms. The van der Waals surface area contributed by atoms with Crippen LogP contribution in [-0.2, 0) is 6.54 Å². The second-order valence-corrected chi connectivity index (χ2v) is 4.46. The highest BCUT2D eigenvalue weighted by molar-refractivity contribution is 6.31. The largest absolute Gasteiger partial charge is 0.358 e. The van der Waals surface area contributed by atoms with Crippen molar-refractivity contribution in [3.63, 3.8) is 0 Å². The third-order valence-corrected chi connectivity index (χ3v) is 3.06. The number of fused-ring (bicyclic) bond motifs is 1. The minimum Gasteiger partial charge on any atom is -0.358 e. The van der Waals surface area contributed by atoms with E-state index in [2.05, 4.69) is 10.3 Å². The van der Waals surface area contributed by atoms with Crippen molar-refractivity contribution in [2.75, 3.05) is 6.54 Å². The minimum absolute atomic E-state index is 0.0777. The van der Waals surface area contributed by atoms with E-state index in [1.165, 1.54) is 0 Å². The van der Waals surface area contributed by atoms with Gasteiger partial charge in [0.1, 0.15) is 0 Å². The predicted octanol–water partition coefficient (Wildman–Crippen LogP) is 2.60. The lowest BCUT2D eigenvalue weighted by Crippen LogP contribution is -2.21. The fraction of sp³-hybridized carbons (Fsp3) is 0.308. The summed E-state index contributed by atoms with van der Waals surface area (Å²) >= 11 is 5.91. The number of aromatic amines is 1. The summed E-state index contributed by atoms with van der Waals surface area (Å²) in [5, 5.41) is 4.50. The van der Waals surface area contributed by atoms with E-state index in [1.54, 1.807) is 18.2 Å². The van der Waals surface area contributed by atoms with Crippen LogP contribution in [0.5, 0.6) is 0 Å². The molecule has 1 aromatic carbocycles. The Morgan fingerprint density at radius 1 is 1.41 bits per heavy atom. The van der Waals surface area contributed by atoms with E-state index in [0.717, 1.165) is 23.3 Å². The maximum Gasteiger partial charge on any atom is 0.194 e. The highest BCUT2D eigenvalue weighted by atomic mass is 35.5. The van der Waals surface area contributed by atoms with Crippen LogP contribution in [0.4, 0.5) is 0 Å². The standard InChI is InChI=1S/C13H15ClN2O/c1-3-15-7-11-8(2)16-12-6-9(14)4-5-10(12)13(11)17/h4-6,15H,3,7H2,1-2H3,(H,16,17). The molecule has 0 aliphatic carbocycles. The van der Waals surface area contributed by atoms with Crippen LogP contribution in [0.3, 0.4) is 0 Å². The van der Waals surface area contributed by atoms with E-state index in [-0.39, 0.29) is 5.43 Å². The number of aromatic nitrogens is 1. The average Bonchev–Trinajstić information content (AvgIpc) is 2.28. The molecular weight excluding hydrogens is 236 g/mol. The predicted molar refractivity (Wildman–Crippen MR) is 71.7 cm³/mol. The number of rotatable bonds is 3. The quantitative estimate of drug-likeness (QED) is 0.880. The van der Waals surface area contributed by atoms with Gasteiger partial charge in [0.15, 0.2) is 5.43 Å². The van der Waals surface area contributed by atoms with Crippen molar-refractivity contribution < 1.29 is 0 Å². The van der Waals surface area contributed by atoms with Gasteiger partial charge in [-0.1, -0.05) is 18.5 Å². The van der Waals surface area contributed by atoms with Gasteiger partial charge in [-0.05, 0) is 31.7 Å². The van der Waals surface area contributed by atoms with Gasteiger partial charge in [0.05, 0.1) is 5.52 Å². The molecule has 0 unspecified atom stereocenters. The van der Waals surface area contributed by atoms with Crippen molar-refractivity contribution >= 4 is 22.5 Å². The Hall–Kier alpha value is -1.32. The number of pyridine rings is 1. The van der Waals surface area contributed by atoms with Crippen LogP contribution in [0, 0.1) is 6.92 Å². The maximum atomic E-state index is 12.3. The number of hydrogen-bond donors (Lipinski definition) is 2. The molecule has 17 heavy (non-hydrogen) atoms. The van der Waals surface area contributed by atoms with Crippen molar-refractivity contribution in [1.82, 2.24) is 10.3 Å². The summed E-state index contributed by atoms with van der Waals surface area (Å²) in [6, 6.07) is 5.29. The Morgan fingerprint density at radius 3 is 2.88 bits per heavy atom. The van der Waals surface area contributed by atoms with Gasteiger partial charge in [0.2, 0.25) is 0 Å². The first-order valence-electron chi connectivity index (χ1n) is 5.65. The highest BCUT2D eigenvalue weighted by Gasteiger charge is 2.08. The molecule has 4 heteroatoms. The van der Waals surface area contributed by atoms with Crippen LogP contribution in [0.15, 0.2) is 23.0 Å².